The molecule has 0 bridgehead atoms. The maximum Gasteiger partial charge on any atom is 0.270 e. The number of thioether (sulfide) groups is 1. The van der Waals surface area contributed by atoms with E-state index >= 15 is 0 Å². The number of benzene rings is 1. The highest BCUT2D eigenvalue weighted by atomic mass is 32.2. The molecule has 1 N–H and O–H groups in total. The Morgan fingerprint density at radius 3 is 2.95 bits per heavy atom. The molecule has 7 nitrogen and oxygen atoms in total. The summed E-state index contributed by atoms with van der Waals surface area (Å²) in [4.78, 5) is 26.2. The normalized spacial score (nSPS) is 10.0. The second-order valence-corrected chi connectivity index (χ2v) is 6.27. The Morgan fingerprint density at radius 2 is 2.36 bits per heavy atom. The van der Waals surface area contributed by atoms with E-state index in [9.17, 15) is 14.9 Å². The van der Waals surface area contributed by atoms with Gasteiger partial charge in [0, 0.05) is 23.2 Å². The molecule has 0 fully saturated rings. The maximum atomic E-state index is 11.9. The molecule has 0 saturated heterocycles. The molecule has 0 saturated carbocycles. The Labute approximate surface area is 134 Å². The number of aromatic nitrogens is 1. The number of anilines is 1. The lowest BCUT2D eigenvalue weighted by Crippen LogP contribution is -2.15. The van der Waals surface area contributed by atoms with Crippen LogP contribution in [0.5, 0.6) is 0 Å². The van der Waals surface area contributed by atoms with Crippen molar-refractivity contribution in [3.63, 3.8) is 0 Å². The van der Waals surface area contributed by atoms with Crippen LogP contribution in [0.1, 0.15) is 11.3 Å². The lowest BCUT2D eigenvalue weighted by atomic mass is 10.1. The Balaban J connectivity index is 2.02. The van der Waals surface area contributed by atoms with Gasteiger partial charge in [0.1, 0.15) is 6.07 Å². The number of nitro groups is 1. The summed E-state index contributed by atoms with van der Waals surface area (Å²) in [6.45, 7) is 1.87. The number of hydrogen-bond acceptors (Lipinski definition) is 7. The fourth-order valence-corrected chi connectivity index (χ4v) is 3.21. The average Bonchev–Trinajstić information content (AvgIpc) is 2.91. The van der Waals surface area contributed by atoms with Gasteiger partial charge in [-0.05, 0) is 13.0 Å². The molecule has 1 amide bonds. The Bertz CT molecular complexity index is 767. The van der Waals surface area contributed by atoms with E-state index in [0.29, 0.717) is 0 Å². The van der Waals surface area contributed by atoms with Crippen molar-refractivity contribution in [2.24, 2.45) is 0 Å². The molecule has 2 rings (SSSR count). The predicted molar refractivity (Wildman–Crippen MR) is 84.0 cm³/mol. The number of nitro benzene ring substituents is 1. The van der Waals surface area contributed by atoms with E-state index < -0.39 is 4.92 Å². The topological polar surface area (TPSA) is 109 Å². The predicted octanol–water partition coefficient (Wildman–Crippen LogP) is 2.96. The number of hydrogen-bond donors (Lipinski definition) is 1. The van der Waals surface area contributed by atoms with Crippen molar-refractivity contribution in [1.82, 2.24) is 4.98 Å². The quantitative estimate of drug-likeness (QED) is 0.511. The van der Waals surface area contributed by atoms with Gasteiger partial charge in [0.25, 0.3) is 5.69 Å². The Kier molecular flexibility index (Phi) is 5.08. The molecule has 1 heterocycles. The van der Waals surface area contributed by atoms with E-state index in [1.54, 1.807) is 0 Å². The number of non-ortho nitro benzene ring substituents is 1. The van der Waals surface area contributed by atoms with Crippen LogP contribution in [0.3, 0.4) is 0 Å². The van der Waals surface area contributed by atoms with Crippen molar-refractivity contribution >= 4 is 40.4 Å². The molecule has 9 heteroatoms. The molecule has 0 atom stereocenters. The van der Waals surface area contributed by atoms with Crippen molar-refractivity contribution in [1.29, 1.82) is 5.26 Å². The monoisotopic (exact) mass is 334 g/mol. The first-order chi connectivity index (χ1) is 10.5. The highest BCUT2D eigenvalue weighted by molar-refractivity contribution is 8.01. The number of thiazole rings is 1. The van der Waals surface area contributed by atoms with Crippen LogP contribution >= 0.6 is 23.1 Å². The second kappa shape index (κ2) is 7.02. The van der Waals surface area contributed by atoms with Crippen molar-refractivity contribution in [2.45, 2.75) is 11.3 Å². The van der Waals surface area contributed by atoms with Crippen LogP contribution < -0.4 is 5.32 Å². The fourth-order valence-electron chi connectivity index (χ4n) is 1.56. The zero-order valence-electron chi connectivity index (χ0n) is 11.4. The zero-order chi connectivity index (χ0) is 16.1. The number of aryl methyl sites for hydroxylation is 1. The average molecular weight is 334 g/mol. The minimum absolute atomic E-state index is 0.0534. The summed E-state index contributed by atoms with van der Waals surface area (Å²) in [6.07, 6.45) is 0. The number of nitrogens with one attached hydrogen (secondary N) is 1. The van der Waals surface area contributed by atoms with Gasteiger partial charge in [0.15, 0.2) is 4.34 Å². The highest BCUT2D eigenvalue weighted by Gasteiger charge is 2.13. The molecule has 1 aromatic carbocycles. The summed E-state index contributed by atoms with van der Waals surface area (Å²) in [5.74, 6) is -0.155. The van der Waals surface area contributed by atoms with E-state index in [1.807, 2.05) is 18.4 Å². The smallest absolute Gasteiger partial charge is 0.270 e. The van der Waals surface area contributed by atoms with E-state index in [0.717, 1.165) is 16.1 Å². The van der Waals surface area contributed by atoms with Gasteiger partial charge in [-0.25, -0.2) is 4.98 Å². The summed E-state index contributed by atoms with van der Waals surface area (Å²) < 4.78 is 0.789. The first-order valence-electron chi connectivity index (χ1n) is 6.03. The van der Waals surface area contributed by atoms with Crippen LogP contribution in [-0.2, 0) is 4.79 Å². The van der Waals surface area contributed by atoms with Crippen LogP contribution in [0.4, 0.5) is 11.4 Å². The Hall–Kier alpha value is -2.44. The summed E-state index contributed by atoms with van der Waals surface area (Å²) in [5, 5.41) is 24.1. The van der Waals surface area contributed by atoms with E-state index in [4.69, 9.17) is 5.26 Å². The molecule has 0 unspecified atom stereocenters. The molecule has 0 radical (unpaired) electrons. The molecule has 0 aliphatic carbocycles. The SMILES string of the molecule is Cc1csc(SCC(=O)Nc2ccc([N+](=O)[O-])cc2C#N)n1. The Morgan fingerprint density at radius 1 is 1.59 bits per heavy atom. The highest BCUT2D eigenvalue weighted by Crippen LogP contribution is 2.24. The number of carbonyl (C=O) groups is 1. The number of nitriles is 1. The molecule has 1 aromatic heterocycles. The molecular weight excluding hydrogens is 324 g/mol. The number of rotatable bonds is 5. The van der Waals surface area contributed by atoms with E-state index in [-0.39, 0.29) is 28.6 Å². The van der Waals surface area contributed by atoms with Gasteiger partial charge in [-0.2, -0.15) is 5.26 Å². The van der Waals surface area contributed by atoms with Gasteiger partial charge in [-0.15, -0.1) is 11.3 Å². The molecule has 2 aromatic rings. The van der Waals surface area contributed by atoms with E-state index in [1.165, 1.54) is 35.2 Å². The van der Waals surface area contributed by atoms with Gasteiger partial charge in [0.2, 0.25) is 5.91 Å². The fraction of sp³-hybridized carbons (Fsp3) is 0.154. The van der Waals surface area contributed by atoms with Gasteiger partial charge >= 0.3 is 0 Å². The largest absolute Gasteiger partial charge is 0.324 e. The molecule has 112 valence electrons. The molecule has 0 spiro atoms. The molecule has 22 heavy (non-hydrogen) atoms. The summed E-state index contributed by atoms with van der Waals surface area (Å²) >= 11 is 2.75. The van der Waals surface area contributed by atoms with Gasteiger partial charge in [0.05, 0.1) is 21.9 Å². The van der Waals surface area contributed by atoms with Crippen molar-refractivity contribution in [2.75, 3.05) is 11.1 Å². The van der Waals surface area contributed by atoms with Crippen LogP contribution in [0.15, 0.2) is 27.9 Å². The minimum Gasteiger partial charge on any atom is -0.324 e. The van der Waals surface area contributed by atoms with Crippen LogP contribution in [-0.4, -0.2) is 21.6 Å². The van der Waals surface area contributed by atoms with E-state index in [2.05, 4.69) is 10.3 Å². The van der Waals surface area contributed by atoms with Crippen LogP contribution in [0, 0.1) is 28.4 Å². The van der Waals surface area contributed by atoms with Gasteiger partial charge in [-0.1, -0.05) is 11.8 Å². The zero-order valence-corrected chi connectivity index (χ0v) is 13.0. The summed E-state index contributed by atoms with van der Waals surface area (Å²) in [7, 11) is 0. The molecular formula is C13H10N4O3S2. The molecule has 0 aliphatic rings. The third kappa shape index (κ3) is 4.03. The molecule has 0 aliphatic heterocycles. The third-order valence-corrected chi connectivity index (χ3v) is 4.67. The van der Waals surface area contributed by atoms with Crippen molar-refractivity contribution < 1.29 is 9.72 Å². The summed E-state index contributed by atoms with van der Waals surface area (Å²) in [6, 6.07) is 5.57. The first-order valence-corrected chi connectivity index (χ1v) is 7.89. The van der Waals surface area contributed by atoms with Gasteiger partial charge in [-0.3, -0.25) is 14.9 Å². The second-order valence-electron chi connectivity index (χ2n) is 4.19. The first kappa shape index (κ1) is 15.9. The minimum atomic E-state index is -0.590. The standard InChI is InChI=1S/C13H10N4O3S2/c1-8-6-21-13(15-8)22-7-12(18)16-11-3-2-10(17(19)20)4-9(11)5-14/h2-4,6H,7H2,1H3,(H,16,18). The van der Waals surface area contributed by atoms with Crippen LogP contribution in [0.2, 0.25) is 0 Å². The van der Waals surface area contributed by atoms with Crippen molar-refractivity contribution in [3.05, 3.63) is 45.0 Å². The number of carbonyl (C=O) groups excluding carboxylic acids is 1. The summed E-state index contributed by atoms with van der Waals surface area (Å²) in [5.41, 5.74) is 1.02. The maximum absolute atomic E-state index is 11.9. The van der Waals surface area contributed by atoms with Gasteiger partial charge < -0.3 is 5.32 Å². The number of amides is 1. The van der Waals surface area contributed by atoms with Crippen molar-refractivity contribution in [3.8, 4) is 6.07 Å². The van der Waals surface area contributed by atoms with Crippen LogP contribution in [0.25, 0.3) is 0 Å². The lowest BCUT2D eigenvalue weighted by molar-refractivity contribution is -0.384. The number of nitrogens with zero attached hydrogens (tertiary/aromatic N) is 3. The lowest BCUT2D eigenvalue weighted by Gasteiger charge is -2.06. The third-order valence-electron chi connectivity index (χ3n) is 2.53.